The van der Waals surface area contributed by atoms with Crippen molar-refractivity contribution < 1.29 is 17.6 Å². The number of piperidine rings is 1. The Labute approximate surface area is 161 Å². The predicted molar refractivity (Wildman–Crippen MR) is 102 cm³/mol. The molecule has 1 aromatic carbocycles. The molecule has 1 aromatic rings. The Hall–Kier alpha value is -1.47. The average Bonchev–Trinajstić information content (AvgIpc) is 2.88. The molecule has 1 saturated carbocycles. The van der Waals surface area contributed by atoms with Crippen molar-refractivity contribution in [3.8, 4) is 0 Å². The van der Waals surface area contributed by atoms with Crippen LogP contribution in [0.15, 0.2) is 29.2 Å². The minimum absolute atomic E-state index is 0.0515. The number of likely N-dealkylation sites (tertiary alicyclic amines) is 1. The summed E-state index contributed by atoms with van der Waals surface area (Å²) in [6, 6.07) is 3.81. The first kappa shape index (κ1) is 20.3. The molecule has 0 spiro atoms. The molecule has 3 rings (SSSR count). The minimum atomic E-state index is -3.94. The van der Waals surface area contributed by atoms with Gasteiger partial charge in [-0.25, -0.2) is 12.8 Å². The average molecular weight is 397 g/mol. The van der Waals surface area contributed by atoms with Gasteiger partial charge in [0.05, 0.1) is 4.90 Å². The van der Waals surface area contributed by atoms with Gasteiger partial charge in [-0.05, 0) is 53.9 Å². The third-order valence-corrected chi connectivity index (χ3v) is 7.78. The first-order valence-corrected chi connectivity index (χ1v) is 10.8. The molecule has 1 N–H and O–H groups in total. The van der Waals surface area contributed by atoms with Gasteiger partial charge >= 0.3 is 0 Å². The van der Waals surface area contributed by atoms with E-state index < -0.39 is 27.3 Å². The molecule has 150 valence electrons. The van der Waals surface area contributed by atoms with Gasteiger partial charge in [-0.2, -0.15) is 4.72 Å². The van der Waals surface area contributed by atoms with Crippen molar-refractivity contribution in [3.05, 3.63) is 30.1 Å². The summed E-state index contributed by atoms with van der Waals surface area (Å²) in [6.45, 7) is 12.7. The van der Waals surface area contributed by atoms with Crippen molar-refractivity contribution in [2.45, 2.75) is 58.5 Å². The molecule has 1 heterocycles. The molecule has 0 unspecified atom stereocenters. The van der Waals surface area contributed by atoms with Crippen molar-refractivity contribution in [2.24, 2.45) is 22.7 Å². The van der Waals surface area contributed by atoms with Crippen LogP contribution in [0.25, 0.3) is 0 Å². The summed E-state index contributed by atoms with van der Waals surface area (Å²) >= 11 is 0. The van der Waals surface area contributed by atoms with Gasteiger partial charge in [0.1, 0.15) is 11.9 Å². The van der Waals surface area contributed by atoms with Gasteiger partial charge in [0, 0.05) is 12.6 Å². The van der Waals surface area contributed by atoms with Crippen LogP contribution in [0.4, 0.5) is 4.39 Å². The summed E-state index contributed by atoms with van der Waals surface area (Å²) in [5, 5.41) is 0. The lowest BCUT2D eigenvalue weighted by molar-refractivity contribution is -0.137. The third kappa shape index (κ3) is 3.51. The number of amides is 1. The highest BCUT2D eigenvalue weighted by atomic mass is 32.2. The van der Waals surface area contributed by atoms with Crippen LogP contribution < -0.4 is 4.72 Å². The number of hydrogen-bond donors (Lipinski definition) is 1. The van der Waals surface area contributed by atoms with E-state index in [4.69, 9.17) is 0 Å². The van der Waals surface area contributed by atoms with E-state index in [1.807, 2.05) is 32.6 Å². The Morgan fingerprint density at radius 1 is 1.26 bits per heavy atom. The highest BCUT2D eigenvalue weighted by Gasteiger charge is 2.66. The number of nitrogens with one attached hydrogen (secondary N) is 1. The molecule has 2 aliphatic rings. The molecule has 1 saturated heterocycles. The second-order valence-electron chi connectivity index (χ2n) is 9.56. The fraction of sp³-hybridized carbons (Fsp3) is 0.650. The number of halogens is 1. The maximum absolute atomic E-state index is 13.3. The van der Waals surface area contributed by atoms with E-state index in [2.05, 4.69) is 18.6 Å². The van der Waals surface area contributed by atoms with Gasteiger partial charge in [-0.3, -0.25) is 4.79 Å². The number of nitrogens with zero attached hydrogens (tertiary/aromatic N) is 1. The monoisotopic (exact) mass is 396 g/mol. The molecule has 0 bridgehead atoms. The first-order chi connectivity index (χ1) is 12.3. The Morgan fingerprint density at radius 3 is 2.26 bits per heavy atom. The van der Waals surface area contributed by atoms with Crippen LogP contribution in [-0.2, 0) is 14.8 Å². The summed E-state index contributed by atoms with van der Waals surface area (Å²) in [4.78, 5) is 15.1. The van der Waals surface area contributed by atoms with Gasteiger partial charge in [0.2, 0.25) is 15.9 Å². The second kappa shape index (κ2) is 6.27. The number of benzene rings is 1. The summed E-state index contributed by atoms with van der Waals surface area (Å²) < 4.78 is 41.3. The molecular formula is C20H29FN2O3S. The number of hydrogen-bond acceptors (Lipinski definition) is 3. The molecule has 0 radical (unpaired) electrons. The maximum atomic E-state index is 13.3. The molecule has 1 amide bonds. The largest absolute Gasteiger partial charge is 0.338 e. The van der Waals surface area contributed by atoms with Crippen molar-refractivity contribution in [3.63, 3.8) is 0 Å². The van der Waals surface area contributed by atoms with Crippen LogP contribution in [0.5, 0.6) is 0 Å². The van der Waals surface area contributed by atoms with Crippen molar-refractivity contribution >= 4 is 15.9 Å². The predicted octanol–water partition coefficient (Wildman–Crippen LogP) is 3.02. The van der Waals surface area contributed by atoms with Gasteiger partial charge < -0.3 is 4.90 Å². The fourth-order valence-electron chi connectivity index (χ4n) is 4.56. The normalized spacial score (nSPS) is 28.0. The zero-order chi connectivity index (χ0) is 20.4. The summed E-state index contributed by atoms with van der Waals surface area (Å²) in [5.41, 5.74) is -0.354. The van der Waals surface area contributed by atoms with E-state index in [0.717, 1.165) is 12.1 Å². The maximum Gasteiger partial charge on any atom is 0.241 e. The fourth-order valence-corrected chi connectivity index (χ4v) is 5.95. The highest BCUT2D eigenvalue weighted by Crippen LogP contribution is 2.64. The van der Waals surface area contributed by atoms with Gasteiger partial charge in [-0.15, -0.1) is 0 Å². The van der Waals surface area contributed by atoms with Gasteiger partial charge in [0.25, 0.3) is 0 Å². The van der Waals surface area contributed by atoms with E-state index in [9.17, 15) is 17.6 Å². The molecule has 1 aliphatic heterocycles. The first-order valence-electron chi connectivity index (χ1n) is 9.35. The minimum Gasteiger partial charge on any atom is -0.338 e. The quantitative estimate of drug-likeness (QED) is 0.851. The lowest BCUT2D eigenvalue weighted by atomic mass is 9.86. The topological polar surface area (TPSA) is 66.5 Å². The van der Waals surface area contributed by atoms with E-state index in [-0.39, 0.29) is 22.3 Å². The van der Waals surface area contributed by atoms with Crippen molar-refractivity contribution in [1.29, 1.82) is 0 Å². The lowest BCUT2D eigenvalue weighted by Crippen LogP contribution is -2.56. The van der Waals surface area contributed by atoms with Crippen LogP contribution in [-0.4, -0.2) is 37.9 Å². The number of carbonyl (C=O) groups excluding carboxylic acids is 1. The number of fused-ring (bicyclic) bond motifs is 1. The summed E-state index contributed by atoms with van der Waals surface area (Å²) in [5.74, 6) is 0.246. The second-order valence-corrected chi connectivity index (χ2v) is 11.3. The van der Waals surface area contributed by atoms with E-state index >= 15 is 0 Å². The molecule has 7 heteroatoms. The summed E-state index contributed by atoms with van der Waals surface area (Å²) in [6.07, 6.45) is 0. The zero-order valence-corrected chi connectivity index (χ0v) is 17.6. The lowest BCUT2D eigenvalue weighted by Gasteiger charge is -2.37. The van der Waals surface area contributed by atoms with Crippen LogP contribution >= 0.6 is 0 Å². The van der Waals surface area contributed by atoms with Gasteiger partial charge in [-0.1, -0.05) is 34.6 Å². The third-order valence-electron chi connectivity index (χ3n) is 6.34. The standard InChI is InChI=1S/C20H29FN2O3S/c1-12-16-15(20(16,5)6)11-23(12)18(24)17(19(2,3)4)22-27(25,26)14-9-7-13(21)8-10-14/h7-10,12,15-17,22H,11H2,1-6H3/t12-,15+,16-,17-/m1/s1. The van der Waals surface area contributed by atoms with Crippen LogP contribution in [0, 0.1) is 28.5 Å². The molecule has 27 heavy (non-hydrogen) atoms. The van der Waals surface area contributed by atoms with Gasteiger partial charge in [0.15, 0.2) is 0 Å². The van der Waals surface area contributed by atoms with E-state index in [1.165, 1.54) is 12.1 Å². The van der Waals surface area contributed by atoms with E-state index in [0.29, 0.717) is 18.4 Å². The smallest absolute Gasteiger partial charge is 0.241 e. The number of carbonyl (C=O) groups is 1. The molecule has 0 aromatic heterocycles. The Kier molecular flexibility index (Phi) is 4.71. The highest BCUT2D eigenvalue weighted by molar-refractivity contribution is 7.89. The summed E-state index contributed by atoms with van der Waals surface area (Å²) in [7, 11) is -3.94. The van der Waals surface area contributed by atoms with E-state index in [1.54, 1.807) is 0 Å². The van der Waals surface area contributed by atoms with Crippen LogP contribution in [0.2, 0.25) is 0 Å². The number of rotatable bonds is 4. The SMILES string of the molecule is C[C@@H]1[C@@H]2[C@H](CN1C(=O)[C@@H](NS(=O)(=O)c1ccc(F)cc1)C(C)(C)C)C2(C)C. The number of sulfonamides is 1. The molecule has 5 nitrogen and oxygen atoms in total. The molecular weight excluding hydrogens is 367 g/mol. The van der Waals surface area contributed by atoms with Crippen LogP contribution in [0.1, 0.15) is 41.5 Å². The Bertz CT molecular complexity index is 843. The van der Waals surface area contributed by atoms with Crippen molar-refractivity contribution in [1.82, 2.24) is 9.62 Å². The zero-order valence-electron chi connectivity index (χ0n) is 16.8. The molecule has 2 fully saturated rings. The van der Waals surface area contributed by atoms with Crippen LogP contribution in [0.3, 0.4) is 0 Å². The Morgan fingerprint density at radius 2 is 1.81 bits per heavy atom. The molecule has 4 atom stereocenters. The van der Waals surface area contributed by atoms with Crippen molar-refractivity contribution in [2.75, 3.05) is 6.54 Å². The Balaban J connectivity index is 1.83. The molecule has 1 aliphatic carbocycles.